The second kappa shape index (κ2) is 9.34. The number of carbonyl (C=O) groups excluding carboxylic acids is 2. The van der Waals surface area contributed by atoms with E-state index in [1.54, 1.807) is 35.0 Å². The van der Waals surface area contributed by atoms with Crippen molar-refractivity contribution in [1.82, 2.24) is 20.4 Å². The first-order valence-corrected chi connectivity index (χ1v) is 8.57. The van der Waals surface area contributed by atoms with Gasteiger partial charge < -0.3 is 16.0 Å². The fraction of sp³-hybridized carbons (Fsp3) is 0.316. The fourth-order valence-electron chi connectivity index (χ4n) is 3.14. The van der Waals surface area contributed by atoms with E-state index in [-0.39, 0.29) is 36.1 Å². The molecule has 1 fully saturated rings. The minimum absolute atomic E-state index is 0. The molecular weight excluding hydrogens is 366 g/mol. The van der Waals surface area contributed by atoms with Gasteiger partial charge in [0, 0.05) is 50.0 Å². The highest BCUT2D eigenvalue weighted by atomic mass is 35.5. The Bertz CT molecular complexity index is 803. The first-order chi connectivity index (χ1) is 12.6. The lowest BCUT2D eigenvalue weighted by Gasteiger charge is -2.17. The number of aryl methyl sites for hydroxylation is 1. The lowest BCUT2D eigenvalue weighted by Crippen LogP contribution is -2.28. The van der Waals surface area contributed by atoms with Crippen LogP contribution in [0.15, 0.2) is 49.3 Å². The van der Waals surface area contributed by atoms with E-state index in [4.69, 9.17) is 0 Å². The Morgan fingerprint density at radius 3 is 2.70 bits per heavy atom. The van der Waals surface area contributed by atoms with Gasteiger partial charge in [0.2, 0.25) is 5.91 Å². The molecule has 0 bridgehead atoms. The Labute approximate surface area is 164 Å². The van der Waals surface area contributed by atoms with E-state index in [0.29, 0.717) is 24.3 Å². The maximum absolute atomic E-state index is 12.7. The van der Waals surface area contributed by atoms with Crippen LogP contribution < -0.4 is 16.0 Å². The standard InChI is InChI=1S/C19H23N5O2.ClH/c1-3-8-21-18(25)13-4-6-15(7-5-13)23-19(26)17-11-20-10-16(17)14-9-22-24(2)12-14;/h3-7,9,12,16-17,20H,1,8,10-11H2,2H3,(H,21,25)(H,23,26);1H/t16-,17+;/m1./s1. The minimum Gasteiger partial charge on any atom is -0.349 e. The molecule has 3 rings (SSSR count). The van der Waals surface area contributed by atoms with Gasteiger partial charge in [-0.3, -0.25) is 14.3 Å². The molecule has 0 radical (unpaired) electrons. The van der Waals surface area contributed by atoms with Gasteiger partial charge >= 0.3 is 0 Å². The average molecular weight is 390 g/mol. The minimum atomic E-state index is -0.167. The zero-order chi connectivity index (χ0) is 18.5. The van der Waals surface area contributed by atoms with E-state index < -0.39 is 0 Å². The molecule has 0 saturated carbocycles. The molecule has 0 unspecified atom stereocenters. The third kappa shape index (κ3) is 4.96. The van der Waals surface area contributed by atoms with Crippen LogP contribution in [0.1, 0.15) is 21.8 Å². The molecule has 1 aliphatic rings. The Hall–Kier alpha value is -2.64. The maximum atomic E-state index is 12.7. The van der Waals surface area contributed by atoms with Gasteiger partial charge in [0.15, 0.2) is 0 Å². The summed E-state index contributed by atoms with van der Waals surface area (Å²) in [5.74, 6) is -0.255. The molecule has 2 heterocycles. The first kappa shape index (κ1) is 20.7. The number of hydrogen-bond acceptors (Lipinski definition) is 4. The van der Waals surface area contributed by atoms with Crippen LogP contribution in [0.3, 0.4) is 0 Å². The van der Waals surface area contributed by atoms with Crippen molar-refractivity contribution in [3.63, 3.8) is 0 Å². The van der Waals surface area contributed by atoms with Crippen LogP contribution in [0, 0.1) is 5.92 Å². The molecule has 0 spiro atoms. The van der Waals surface area contributed by atoms with E-state index in [1.165, 1.54) is 0 Å². The van der Waals surface area contributed by atoms with Crippen LogP contribution >= 0.6 is 12.4 Å². The van der Waals surface area contributed by atoms with Gasteiger partial charge in [0.1, 0.15) is 0 Å². The number of nitrogens with one attached hydrogen (secondary N) is 3. The van der Waals surface area contributed by atoms with Crippen LogP contribution in [-0.4, -0.2) is 41.2 Å². The molecule has 2 aromatic rings. The van der Waals surface area contributed by atoms with Crippen molar-refractivity contribution in [2.45, 2.75) is 5.92 Å². The van der Waals surface area contributed by atoms with Gasteiger partial charge in [-0.25, -0.2) is 0 Å². The third-order valence-corrected chi connectivity index (χ3v) is 4.53. The zero-order valence-electron chi connectivity index (χ0n) is 15.1. The predicted molar refractivity (Wildman–Crippen MR) is 107 cm³/mol. The molecule has 3 N–H and O–H groups in total. The lowest BCUT2D eigenvalue weighted by molar-refractivity contribution is -0.119. The van der Waals surface area contributed by atoms with Gasteiger partial charge in [0.25, 0.3) is 5.91 Å². The molecular formula is C19H24ClN5O2. The van der Waals surface area contributed by atoms with E-state index in [1.807, 2.05) is 19.4 Å². The Kier molecular flexibility index (Phi) is 7.15. The number of halogens is 1. The maximum Gasteiger partial charge on any atom is 0.251 e. The van der Waals surface area contributed by atoms with E-state index >= 15 is 0 Å². The molecule has 8 heteroatoms. The summed E-state index contributed by atoms with van der Waals surface area (Å²) in [6.07, 6.45) is 5.39. The van der Waals surface area contributed by atoms with Crippen molar-refractivity contribution in [2.75, 3.05) is 25.0 Å². The number of carbonyl (C=O) groups is 2. The number of aromatic nitrogens is 2. The monoisotopic (exact) mass is 389 g/mol. The quantitative estimate of drug-likeness (QED) is 0.656. The molecule has 144 valence electrons. The van der Waals surface area contributed by atoms with Crippen molar-refractivity contribution in [3.05, 3.63) is 60.4 Å². The lowest BCUT2D eigenvalue weighted by atomic mass is 9.90. The second-order valence-electron chi connectivity index (χ2n) is 6.38. The molecule has 0 aliphatic carbocycles. The summed E-state index contributed by atoms with van der Waals surface area (Å²) in [5.41, 5.74) is 2.28. The molecule has 2 atom stereocenters. The van der Waals surface area contributed by atoms with Gasteiger partial charge in [-0.05, 0) is 29.8 Å². The molecule has 7 nitrogen and oxygen atoms in total. The highest BCUT2D eigenvalue weighted by Gasteiger charge is 2.34. The highest BCUT2D eigenvalue weighted by Crippen LogP contribution is 2.28. The van der Waals surface area contributed by atoms with Crippen LogP contribution in [0.2, 0.25) is 0 Å². The van der Waals surface area contributed by atoms with Crippen molar-refractivity contribution >= 4 is 29.9 Å². The van der Waals surface area contributed by atoms with Crippen molar-refractivity contribution in [3.8, 4) is 0 Å². The van der Waals surface area contributed by atoms with Crippen molar-refractivity contribution < 1.29 is 9.59 Å². The smallest absolute Gasteiger partial charge is 0.251 e. The van der Waals surface area contributed by atoms with Crippen molar-refractivity contribution in [2.24, 2.45) is 13.0 Å². The molecule has 1 saturated heterocycles. The SMILES string of the molecule is C=CCNC(=O)c1ccc(NC(=O)[C@H]2CNC[C@@H]2c2cnn(C)c2)cc1.Cl. The largest absolute Gasteiger partial charge is 0.349 e. The summed E-state index contributed by atoms with van der Waals surface area (Å²) >= 11 is 0. The van der Waals surface area contributed by atoms with E-state index in [9.17, 15) is 9.59 Å². The number of rotatable bonds is 6. The fourth-order valence-corrected chi connectivity index (χ4v) is 3.14. The number of benzene rings is 1. The van der Waals surface area contributed by atoms with Gasteiger partial charge in [-0.15, -0.1) is 19.0 Å². The highest BCUT2D eigenvalue weighted by molar-refractivity contribution is 5.96. The van der Waals surface area contributed by atoms with E-state index in [2.05, 4.69) is 27.6 Å². The number of amides is 2. The number of hydrogen-bond donors (Lipinski definition) is 3. The second-order valence-corrected chi connectivity index (χ2v) is 6.38. The molecule has 27 heavy (non-hydrogen) atoms. The van der Waals surface area contributed by atoms with Crippen LogP contribution in [0.5, 0.6) is 0 Å². The van der Waals surface area contributed by atoms with Gasteiger partial charge in [-0.2, -0.15) is 5.10 Å². The Balaban J connectivity index is 0.00000261. The zero-order valence-corrected chi connectivity index (χ0v) is 16.0. The Morgan fingerprint density at radius 1 is 1.33 bits per heavy atom. The summed E-state index contributed by atoms with van der Waals surface area (Å²) in [6.45, 7) is 5.37. The molecule has 2 amide bonds. The van der Waals surface area contributed by atoms with Gasteiger partial charge in [-0.1, -0.05) is 6.08 Å². The Morgan fingerprint density at radius 2 is 2.07 bits per heavy atom. The van der Waals surface area contributed by atoms with Crippen molar-refractivity contribution in [1.29, 1.82) is 0 Å². The first-order valence-electron chi connectivity index (χ1n) is 8.57. The van der Waals surface area contributed by atoms with Crippen LogP contribution in [0.25, 0.3) is 0 Å². The molecule has 1 aromatic carbocycles. The normalized spacial score (nSPS) is 18.4. The summed E-state index contributed by atoms with van der Waals surface area (Å²) in [4.78, 5) is 24.6. The third-order valence-electron chi connectivity index (χ3n) is 4.53. The van der Waals surface area contributed by atoms with Crippen LogP contribution in [-0.2, 0) is 11.8 Å². The van der Waals surface area contributed by atoms with E-state index in [0.717, 1.165) is 12.1 Å². The number of nitrogens with zero attached hydrogens (tertiary/aromatic N) is 2. The average Bonchev–Trinajstić information content (AvgIpc) is 3.29. The molecule has 1 aliphatic heterocycles. The van der Waals surface area contributed by atoms with Crippen LogP contribution in [0.4, 0.5) is 5.69 Å². The van der Waals surface area contributed by atoms with Gasteiger partial charge in [0.05, 0.1) is 12.1 Å². The summed E-state index contributed by atoms with van der Waals surface area (Å²) in [7, 11) is 1.87. The topological polar surface area (TPSA) is 88.1 Å². The summed E-state index contributed by atoms with van der Waals surface area (Å²) in [5, 5.41) is 13.1. The summed E-state index contributed by atoms with van der Waals surface area (Å²) in [6, 6.07) is 6.86. The molecule has 1 aromatic heterocycles. The summed E-state index contributed by atoms with van der Waals surface area (Å²) < 4.78 is 1.75. The number of anilines is 1. The predicted octanol–water partition coefficient (Wildman–Crippen LogP) is 1.70.